The van der Waals surface area contributed by atoms with Crippen molar-refractivity contribution in [1.29, 1.82) is 0 Å². The van der Waals surface area contributed by atoms with Crippen molar-refractivity contribution in [2.75, 3.05) is 25.5 Å². The minimum atomic E-state index is -4.30. The highest BCUT2D eigenvalue weighted by Crippen LogP contribution is 2.25. The molecule has 0 bridgehead atoms. The van der Waals surface area contributed by atoms with E-state index in [1.807, 2.05) is 0 Å². The summed E-state index contributed by atoms with van der Waals surface area (Å²) in [5, 5.41) is 13.6. The number of nitro groups is 1. The molecule has 0 atom stereocenters. The molecule has 0 saturated carbocycles. The van der Waals surface area contributed by atoms with E-state index in [2.05, 4.69) is 5.32 Å². The third-order valence-corrected chi connectivity index (χ3v) is 2.91. The number of halogens is 3. The van der Waals surface area contributed by atoms with Crippen molar-refractivity contribution in [1.82, 2.24) is 4.90 Å². The number of non-ortho nitro benzene ring substituents is 1. The Morgan fingerprint density at radius 3 is 2.52 bits per heavy atom. The van der Waals surface area contributed by atoms with Crippen LogP contribution in [0.4, 0.5) is 24.5 Å². The SMILES string of the molecule is CCCN(Cc1cc([N+](=O)[O-])ccc1NC)CC(F)(F)F. The summed E-state index contributed by atoms with van der Waals surface area (Å²) in [4.78, 5) is 11.5. The molecule has 21 heavy (non-hydrogen) atoms. The van der Waals surface area contributed by atoms with Gasteiger partial charge in [0.05, 0.1) is 11.5 Å². The van der Waals surface area contributed by atoms with Crippen LogP contribution in [-0.4, -0.2) is 36.1 Å². The minimum absolute atomic E-state index is 0.00516. The van der Waals surface area contributed by atoms with Gasteiger partial charge in [0.2, 0.25) is 0 Å². The highest BCUT2D eigenvalue weighted by atomic mass is 19.4. The molecule has 0 aliphatic carbocycles. The molecule has 0 unspecified atom stereocenters. The molecule has 5 nitrogen and oxygen atoms in total. The van der Waals surface area contributed by atoms with Crippen LogP contribution in [0.1, 0.15) is 18.9 Å². The second-order valence-corrected chi connectivity index (χ2v) is 4.67. The van der Waals surface area contributed by atoms with Gasteiger partial charge in [0.15, 0.2) is 0 Å². The molecular formula is C13H18F3N3O2. The molecule has 0 fully saturated rings. The maximum atomic E-state index is 12.6. The first-order valence-corrected chi connectivity index (χ1v) is 6.51. The number of nitro benzene ring substituents is 1. The van der Waals surface area contributed by atoms with Gasteiger partial charge in [-0.2, -0.15) is 13.2 Å². The number of nitrogens with zero attached hydrogens (tertiary/aromatic N) is 2. The van der Waals surface area contributed by atoms with Gasteiger partial charge in [-0.1, -0.05) is 6.92 Å². The number of anilines is 1. The van der Waals surface area contributed by atoms with Crippen molar-refractivity contribution in [2.45, 2.75) is 26.1 Å². The molecule has 118 valence electrons. The van der Waals surface area contributed by atoms with Gasteiger partial charge in [-0.05, 0) is 24.6 Å². The van der Waals surface area contributed by atoms with Crippen molar-refractivity contribution in [3.8, 4) is 0 Å². The number of benzene rings is 1. The predicted octanol–water partition coefficient (Wildman–Crippen LogP) is 3.41. The summed E-state index contributed by atoms with van der Waals surface area (Å²) >= 11 is 0. The van der Waals surface area contributed by atoms with Gasteiger partial charge in [0.25, 0.3) is 5.69 Å². The molecule has 1 aromatic carbocycles. The lowest BCUT2D eigenvalue weighted by Crippen LogP contribution is -2.34. The molecular weight excluding hydrogens is 287 g/mol. The fourth-order valence-corrected chi connectivity index (χ4v) is 2.09. The predicted molar refractivity (Wildman–Crippen MR) is 74.3 cm³/mol. The molecule has 0 aliphatic rings. The lowest BCUT2D eigenvalue weighted by atomic mass is 10.1. The fraction of sp³-hybridized carbons (Fsp3) is 0.538. The molecule has 1 rings (SSSR count). The van der Waals surface area contributed by atoms with E-state index >= 15 is 0 Å². The van der Waals surface area contributed by atoms with Gasteiger partial charge >= 0.3 is 6.18 Å². The zero-order valence-electron chi connectivity index (χ0n) is 11.9. The quantitative estimate of drug-likeness (QED) is 0.619. The number of hydrogen-bond acceptors (Lipinski definition) is 4. The standard InChI is InChI=1S/C13H18F3N3O2/c1-3-6-18(9-13(14,15)16)8-10-7-11(19(20)21)4-5-12(10)17-2/h4-5,7,17H,3,6,8-9H2,1-2H3. The molecule has 0 aromatic heterocycles. The van der Waals surface area contributed by atoms with Crippen molar-refractivity contribution in [3.63, 3.8) is 0 Å². The Hall–Kier alpha value is -1.83. The van der Waals surface area contributed by atoms with E-state index < -0.39 is 17.6 Å². The second-order valence-electron chi connectivity index (χ2n) is 4.67. The van der Waals surface area contributed by atoms with Gasteiger partial charge in [-0.15, -0.1) is 0 Å². The van der Waals surface area contributed by atoms with E-state index in [1.165, 1.54) is 23.1 Å². The van der Waals surface area contributed by atoms with Gasteiger partial charge in [-0.3, -0.25) is 15.0 Å². The van der Waals surface area contributed by atoms with Crippen LogP contribution in [0.3, 0.4) is 0 Å². The zero-order chi connectivity index (χ0) is 16.0. The van der Waals surface area contributed by atoms with Crippen molar-refractivity contribution in [3.05, 3.63) is 33.9 Å². The monoisotopic (exact) mass is 305 g/mol. The molecule has 8 heteroatoms. The van der Waals surface area contributed by atoms with E-state index in [1.54, 1.807) is 14.0 Å². The van der Waals surface area contributed by atoms with Gasteiger partial charge in [0, 0.05) is 31.4 Å². The summed E-state index contributed by atoms with van der Waals surface area (Å²) in [5.41, 5.74) is 0.931. The lowest BCUT2D eigenvalue weighted by Gasteiger charge is -2.24. The topological polar surface area (TPSA) is 58.4 Å². The summed E-state index contributed by atoms with van der Waals surface area (Å²) < 4.78 is 37.7. The number of rotatable bonds is 7. The summed E-state index contributed by atoms with van der Waals surface area (Å²) in [7, 11) is 1.62. The van der Waals surface area contributed by atoms with Crippen LogP contribution in [0, 0.1) is 10.1 Å². The van der Waals surface area contributed by atoms with E-state index in [0.717, 1.165) is 0 Å². The van der Waals surface area contributed by atoms with E-state index in [9.17, 15) is 23.3 Å². The van der Waals surface area contributed by atoms with Crippen LogP contribution >= 0.6 is 0 Å². The largest absolute Gasteiger partial charge is 0.401 e. The first-order chi connectivity index (χ1) is 9.76. The fourth-order valence-electron chi connectivity index (χ4n) is 2.09. The van der Waals surface area contributed by atoms with Gasteiger partial charge < -0.3 is 5.32 Å². The van der Waals surface area contributed by atoms with E-state index in [0.29, 0.717) is 17.7 Å². The third-order valence-electron chi connectivity index (χ3n) is 2.91. The van der Waals surface area contributed by atoms with Crippen molar-refractivity contribution in [2.24, 2.45) is 0 Å². The number of hydrogen-bond donors (Lipinski definition) is 1. The summed E-state index contributed by atoms with van der Waals surface area (Å²) in [6.45, 7) is 1.03. The Morgan fingerprint density at radius 1 is 1.38 bits per heavy atom. The Balaban J connectivity index is 3.00. The highest BCUT2D eigenvalue weighted by molar-refractivity contribution is 5.55. The average Bonchev–Trinajstić information content (AvgIpc) is 2.36. The van der Waals surface area contributed by atoms with Crippen LogP contribution in [0.5, 0.6) is 0 Å². The Morgan fingerprint density at radius 2 is 2.05 bits per heavy atom. The van der Waals surface area contributed by atoms with E-state index in [-0.39, 0.29) is 18.8 Å². The van der Waals surface area contributed by atoms with Crippen molar-refractivity contribution < 1.29 is 18.1 Å². The van der Waals surface area contributed by atoms with Gasteiger partial charge in [-0.25, -0.2) is 0 Å². The maximum absolute atomic E-state index is 12.6. The summed E-state index contributed by atoms with van der Waals surface area (Å²) in [6, 6.07) is 4.14. The summed E-state index contributed by atoms with van der Waals surface area (Å²) in [6.07, 6.45) is -3.73. The molecule has 0 amide bonds. The molecule has 1 aromatic rings. The number of nitrogens with one attached hydrogen (secondary N) is 1. The third kappa shape index (κ3) is 5.58. The van der Waals surface area contributed by atoms with Crippen LogP contribution < -0.4 is 5.32 Å². The van der Waals surface area contributed by atoms with Crippen molar-refractivity contribution >= 4 is 11.4 Å². The molecule has 0 spiro atoms. The Kier molecular flexibility index (Phi) is 5.95. The van der Waals surface area contributed by atoms with Crippen LogP contribution in [0.15, 0.2) is 18.2 Å². The second kappa shape index (κ2) is 7.26. The van der Waals surface area contributed by atoms with Gasteiger partial charge in [0.1, 0.15) is 0 Å². The lowest BCUT2D eigenvalue weighted by molar-refractivity contribution is -0.384. The molecule has 0 aliphatic heterocycles. The Bertz CT molecular complexity index is 492. The smallest absolute Gasteiger partial charge is 0.388 e. The molecule has 0 radical (unpaired) electrons. The average molecular weight is 305 g/mol. The molecule has 0 heterocycles. The first-order valence-electron chi connectivity index (χ1n) is 6.51. The molecule has 0 saturated heterocycles. The highest BCUT2D eigenvalue weighted by Gasteiger charge is 2.30. The Labute approximate surface area is 120 Å². The molecule has 1 N–H and O–H groups in total. The zero-order valence-corrected chi connectivity index (χ0v) is 11.9. The van der Waals surface area contributed by atoms with Crippen LogP contribution in [0.2, 0.25) is 0 Å². The number of alkyl halides is 3. The minimum Gasteiger partial charge on any atom is -0.388 e. The normalized spacial score (nSPS) is 11.7. The van der Waals surface area contributed by atoms with Crippen LogP contribution in [0.25, 0.3) is 0 Å². The summed E-state index contributed by atoms with van der Waals surface area (Å²) in [5.74, 6) is 0. The van der Waals surface area contributed by atoms with E-state index in [4.69, 9.17) is 0 Å². The van der Waals surface area contributed by atoms with Crippen LogP contribution in [-0.2, 0) is 6.54 Å². The maximum Gasteiger partial charge on any atom is 0.401 e. The first kappa shape index (κ1) is 17.2.